The number of fused-ring (bicyclic) bond motifs is 1. The third-order valence-electron chi connectivity index (χ3n) is 4.77. The summed E-state index contributed by atoms with van der Waals surface area (Å²) in [4.78, 5) is 0. The van der Waals surface area contributed by atoms with Gasteiger partial charge in [0.05, 0.1) is 12.2 Å². The molecule has 0 bridgehead atoms. The Morgan fingerprint density at radius 2 is 2.05 bits per heavy atom. The van der Waals surface area contributed by atoms with Gasteiger partial charge in [-0.3, -0.25) is 4.68 Å². The predicted molar refractivity (Wildman–Crippen MR) is 78.3 cm³/mol. The molecule has 3 heteroatoms. The first kappa shape index (κ1) is 13.2. The molecule has 1 fully saturated rings. The molecule has 0 aliphatic heterocycles. The Morgan fingerprint density at radius 1 is 1.21 bits per heavy atom. The van der Waals surface area contributed by atoms with Crippen molar-refractivity contribution in [3.05, 3.63) is 17.5 Å². The Hall–Kier alpha value is -0.830. The molecule has 1 atom stereocenters. The van der Waals surface area contributed by atoms with Crippen LogP contribution in [0.2, 0.25) is 0 Å². The second-order valence-electron chi connectivity index (χ2n) is 6.18. The summed E-state index contributed by atoms with van der Waals surface area (Å²) in [5.74, 6) is 0. The van der Waals surface area contributed by atoms with Gasteiger partial charge in [0.1, 0.15) is 0 Å². The molecule has 1 aromatic heterocycles. The van der Waals surface area contributed by atoms with Crippen molar-refractivity contribution in [3.63, 3.8) is 0 Å². The van der Waals surface area contributed by atoms with Crippen molar-refractivity contribution in [1.29, 1.82) is 0 Å². The van der Waals surface area contributed by atoms with Crippen LogP contribution in [0.15, 0.2) is 6.20 Å². The fraction of sp³-hybridized carbons (Fsp3) is 0.812. The Balaban J connectivity index is 1.78. The van der Waals surface area contributed by atoms with E-state index in [-0.39, 0.29) is 0 Å². The third-order valence-corrected chi connectivity index (χ3v) is 4.77. The molecule has 2 aliphatic carbocycles. The Labute approximate surface area is 116 Å². The summed E-state index contributed by atoms with van der Waals surface area (Å²) >= 11 is 0. The Kier molecular flexibility index (Phi) is 4.21. The zero-order chi connectivity index (χ0) is 13.1. The van der Waals surface area contributed by atoms with Gasteiger partial charge < -0.3 is 5.32 Å². The number of nitrogens with zero attached hydrogens (tertiary/aromatic N) is 2. The highest BCUT2D eigenvalue weighted by atomic mass is 15.3. The molecule has 1 heterocycles. The summed E-state index contributed by atoms with van der Waals surface area (Å²) in [6.45, 7) is 3.36. The number of aromatic nitrogens is 2. The van der Waals surface area contributed by atoms with E-state index < -0.39 is 0 Å². The Bertz CT molecular complexity index is 404. The zero-order valence-electron chi connectivity index (χ0n) is 12.2. The molecule has 19 heavy (non-hydrogen) atoms. The van der Waals surface area contributed by atoms with Crippen LogP contribution in [-0.4, -0.2) is 16.3 Å². The molecular weight excluding hydrogens is 234 g/mol. The lowest BCUT2D eigenvalue weighted by atomic mass is 9.91. The number of rotatable bonds is 4. The quantitative estimate of drug-likeness (QED) is 0.894. The first-order chi connectivity index (χ1) is 9.40. The van der Waals surface area contributed by atoms with Gasteiger partial charge in [-0.05, 0) is 45.1 Å². The predicted octanol–water partition coefficient (Wildman–Crippen LogP) is 3.77. The van der Waals surface area contributed by atoms with E-state index in [9.17, 15) is 0 Å². The molecule has 0 spiro atoms. The normalized spacial score (nSPS) is 24.4. The SMILES string of the molecule is CCCNC1CCCc2c1cnn2C1CCCCC1. The number of hydrogen-bond donors (Lipinski definition) is 1. The van der Waals surface area contributed by atoms with Crippen molar-refractivity contribution >= 4 is 0 Å². The maximum Gasteiger partial charge on any atom is 0.0540 e. The van der Waals surface area contributed by atoms with Crippen molar-refractivity contribution in [2.45, 2.75) is 76.8 Å². The number of hydrogen-bond acceptors (Lipinski definition) is 2. The molecule has 1 N–H and O–H groups in total. The van der Waals surface area contributed by atoms with E-state index in [2.05, 4.69) is 23.1 Å². The van der Waals surface area contributed by atoms with Crippen molar-refractivity contribution < 1.29 is 0 Å². The van der Waals surface area contributed by atoms with Gasteiger partial charge in [0.2, 0.25) is 0 Å². The smallest absolute Gasteiger partial charge is 0.0540 e. The van der Waals surface area contributed by atoms with Crippen molar-refractivity contribution in [3.8, 4) is 0 Å². The van der Waals surface area contributed by atoms with Gasteiger partial charge in [-0.1, -0.05) is 26.2 Å². The van der Waals surface area contributed by atoms with Crippen LogP contribution in [0.1, 0.15) is 81.6 Å². The van der Waals surface area contributed by atoms with Crippen LogP contribution in [0.25, 0.3) is 0 Å². The zero-order valence-corrected chi connectivity index (χ0v) is 12.2. The van der Waals surface area contributed by atoms with E-state index in [0.717, 1.165) is 6.54 Å². The van der Waals surface area contributed by atoms with Crippen molar-refractivity contribution in [2.24, 2.45) is 0 Å². The summed E-state index contributed by atoms with van der Waals surface area (Å²) in [5, 5.41) is 8.45. The summed E-state index contributed by atoms with van der Waals surface area (Å²) < 4.78 is 2.38. The average molecular weight is 261 g/mol. The fourth-order valence-electron chi connectivity index (χ4n) is 3.75. The molecule has 1 saturated carbocycles. The van der Waals surface area contributed by atoms with E-state index in [1.165, 1.54) is 69.0 Å². The summed E-state index contributed by atoms with van der Waals surface area (Å²) in [6, 6.07) is 1.24. The van der Waals surface area contributed by atoms with Gasteiger partial charge in [-0.2, -0.15) is 5.10 Å². The summed E-state index contributed by atoms with van der Waals surface area (Å²) in [7, 11) is 0. The highest BCUT2D eigenvalue weighted by Gasteiger charge is 2.27. The van der Waals surface area contributed by atoms with E-state index in [4.69, 9.17) is 5.10 Å². The molecule has 3 rings (SSSR count). The molecule has 106 valence electrons. The summed E-state index contributed by atoms with van der Waals surface area (Å²) in [6.07, 6.45) is 14.0. The van der Waals surface area contributed by atoms with Gasteiger partial charge in [0.25, 0.3) is 0 Å². The van der Waals surface area contributed by atoms with Crippen LogP contribution in [-0.2, 0) is 6.42 Å². The topological polar surface area (TPSA) is 29.9 Å². The molecular formula is C16H27N3. The van der Waals surface area contributed by atoms with Gasteiger partial charge in [0.15, 0.2) is 0 Å². The van der Waals surface area contributed by atoms with Gasteiger partial charge in [0, 0.05) is 17.3 Å². The maximum atomic E-state index is 4.76. The van der Waals surface area contributed by atoms with Crippen LogP contribution in [0.5, 0.6) is 0 Å². The van der Waals surface area contributed by atoms with Crippen LogP contribution >= 0.6 is 0 Å². The first-order valence-electron chi connectivity index (χ1n) is 8.19. The molecule has 3 nitrogen and oxygen atoms in total. The van der Waals surface area contributed by atoms with E-state index in [0.29, 0.717) is 12.1 Å². The molecule has 0 amide bonds. The van der Waals surface area contributed by atoms with E-state index in [1.807, 2.05) is 0 Å². The molecule has 0 saturated heterocycles. The molecule has 2 aliphatic rings. The number of nitrogens with one attached hydrogen (secondary N) is 1. The standard InChI is InChI=1S/C16H27N3/c1-2-11-17-15-9-6-10-16-14(15)12-18-19(16)13-7-4-3-5-8-13/h12-13,15,17H,2-11H2,1H3. The fourth-order valence-corrected chi connectivity index (χ4v) is 3.75. The van der Waals surface area contributed by atoms with Gasteiger partial charge in [-0.15, -0.1) is 0 Å². The maximum absolute atomic E-state index is 4.76. The highest BCUT2D eigenvalue weighted by Crippen LogP contribution is 2.35. The minimum atomic E-state index is 0.557. The monoisotopic (exact) mass is 261 g/mol. The lowest BCUT2D eigenvalue weighted by Gasteiger charge is -2.28. The average Bonchev–Trinajstić information content (AvgIpc) is 2.90. The van der Waals surface area contributed by atoms with E-state index in [1.54, 1.807) is 0 Å². The minimum Gasteiger partial charge on any atom is -0.310 e. The molecule has 1 unspecified atom stereocenters. The van der Waals surface area contributed by atoms with Crippen LogP contribution < -0.4 is 5.32 Å². The highest BCUT2D eigenvalue weighted by molar-refractivity contribution is 5.25. The van der Waals surface area contributed by atoms with Crippen LogP contribution in [0, 0.1) is 0 Å². The molecule has 0 aromatic carbocycles. The largest absolute Gasteiger partial charge is 0.310 e. The van der Waals surface area contributed by atoms with Crippen molar-refractivity contribution in [2.75, 3.05) is 6.54 Å². The van der Waals surface area contributed by atoms with Gasteiger partial charge >= 0.3 is 0 Å². The van der Waals surface area contributed by atoms with Crippen LogP contribution in [0.4, 0.5) is 0 Å². The molecule has 0 radical (unpaired) electrons. The van der Waals surface area contributed by atoms with E-state index >= 15 is 0 Å². The minimum absolute atomic E-state index is 0.557. The molecule has 1 aromatic rings. The third kappa shape index (κ3) is 2.71. The lowest BCUT2D eigenvalue weighted by Crippen LogP contribution is -2.26. The summed E-state index contributed by atoms with van der Waals surface area (Å²) in [5.41, 5.74) is 3.03. The Morgan fingerprint density at radius 3 is 2.84 bits per heavy atom. The first-order valence-corrected chi connectivity index (χ1v) is 8.19. The van der Waals surface area contributed by atoms with Crippen molar-refractivity contribution in [1.82, 2.24) is 15.1 Å². The van der Waals surface area contributed by atoms with Gasteiger partial charge in [-0.25, -0.2) is 0 Å². The van der Waals surface area contributed by atoms with Crippen LogP contribution in [0.3, 0.4) is 0 Å². The second kappa shape index (κ2) is 6.08. The lowest BCUT2D eigenvalue weighted by molar-refractivity contribution is 0.317. The second-order valence-corrected chi connectivity index (χ2v) is 6.18.